The van der Waals surface area contributed by atoms with Crippen molar-refractivity contribution < 1.29 is 0 Å². The minimum Gasteiger partial charge on any atom is -0.0622 e. The third-order valence-electron chi connectivity index (χ3n) is 3.47. The van der Waals surface area contributed by atoms with Gasteiger partial charge >= 0.3 is 0 Å². The summed E-state index contributed by atoms with van der Waals surface area (Å²) in [5.41, 5.74) is 2.78. The molecule has 0 heterocycles. The molecule has 0 aliphatic heterocycles. The van der Waals surface area contributed by atoms with Crippen molar-refractivity contribution in [2.45, 2.75) is 25.2 Å². The SMILES string of the molecule is [CH2]CC(c1ccccc1)C(C)c1ccccc1. The molecule has 17 heavy (non-hydrogen) atoms. The second-order valence-corrected chi connectivity index (χ2v) is 4.51. The van der Waals surface area contributed by atoms with Crippen molar-refractivity contribution in [1.82, 2.24) is 0 Å². The van der Waals surface area contributed by atoms with Gasteiger partial charge < -0.3 is 0 Å². The average Bonchev–Trinajstić information content (AvgIpc) is 2.42. The van der Waals surface area contributed by atoms with Crippen molar-refractivity contribution in [2.24, 2.45) is 0 Å². The largest absolute Gasteiger partial charge is 0.0622 e. The molecule has 2 aromatic carbocycles. The van der Waals surface area contributed by atoms with E-state index >= 15 is 0 Å². The van der Waals surface area contributed by atoms with Gasteiger partial charge in [0.05, 0.1) is 0 Å². The Kier molecular flexibility index (Phi) is 3.98. The summed E-state index contributed by atoms with van der Waals surface area (Å²) in [7, 11) is 0. The van der Waals surface area contributed by atoms with E-state index in [0.717, 1.165) is 6.42 Å². The first-order valence-electron chi connectivity index (χ1n) is 6.22. The standard InChI is InChI=1S/C17H19/c1-3-17(16-12-8-5-9-13-16)14(2)15-10-6-4-7-11-15/h4-14,17H,1,3H2,2H3. The fourth-order valence-corrected chi connectivity index (χ4v) is 2.39. The molecule has 0 aromatic heterocycles. The van der Waals surface area contributed by atoms with Gasteiger partial charge in [0, 0.05) is 0 Å². The minimum atomic E-state index is 0.499. The first-order valence-corrected chi connectivity index (χ1v) is 6.22. The van der Waals surface area contributed by atoms with Crippen LogP contribution in [0.1, 0.15) is 36.3 Å². The lowest BCUT2D eigenvalue weighted by molar-refractivity contribution is 0.580. The predicted molar refractivity (Wildman–Crippen MR) is 74.0 cm³/mol. The third-order valence-corrected chi connectivity index (χ3v) is 3.47. The van der Waals surface area contributed by atoms with E-state index in [4.69, 9.17) is 0 Å². The summed E-state index contributed by atoms with van der Waals surface area (Å²) < 4.78 is 0. The highest BCUT2D eigenvalue weighted by atomic mass is 14.2. The zero-order valence-corrected chi connectivity index (χ0v) is 10.3. The molecule has 87 valence electrons. The highest BCUT2D eigenvalue weighted by Crippen LogP contribution is 2.34. The van der Waals surface area contributed by atoms with Crippen LogP contribution >= 0.6 is 0 Å². The Labute approximate surface area is 104 Å². The summed E-state index contributed by atoms with van der Waals surface area (Å²) in [6.45, 7) is 6.40. The Morgan fingerprint density at radius 3 is 1.76 bits per heavy atom. The van der Waals surface area contributed by atoms with Gasteiger partial charge in [0.15, 0.2) is 0 Å². The third kappa shape index (κ3) is 2.76. The molecule has 0 saturated carbocycles. The van der Waals surface area contributed by atoms with Gasteiger partial charge in [-0.1, -0.05) is 74.5 Å². The molecule has 0 bridgehead atoms. The minimum absolute atomic E-state index is 0.499. The van der Waals surface area contributed by atoms with Crippen LogP contribution in [0.3, 0.4) is 0 Å². The normalized spacial score (nSPS) is 14.2. The number of hydrogen-bond donors (Lipinski definition) is 0. The molecule has 0 N–H and O–H groups in total. The van der Waals surface area contributed by atoms with Crippen LogP contribution in [-0.4, -0.2) is 0 Å². The van der Waals surface area contributed by atoms with E-state index in [-0.39, 0.29) is 0 Å². The lowest BCUT2D eigenvalue weighted by Gasteiger charge is -2.23. The molecule has 0 amide bonds. The Balaban J connectivity index is 2.25. The van der Waals surface area contributed by atoms with Crippen LogP contribution in [0.2, 0.25) is 0 Å². The average molecular weight is 223 g/mol. The molecule has 2 unspecified atom stereocenters. The molecule has 0 aliphatic carbocycles. The van der Waals surface area contributed by atoms with Crippen LogP contribution in [0.15, 0.2) is 60.7 Å². The lowest BCUT2D eigenvalue weighted by atomic mass is 9.81. The van der Waals surface area contributed by atoms with Crippen molar-refractivity contribution in [3.63, 3.8) is 0 Å². The Hall–Kier alpha value is -1.56. The van der Waals surface area contributed by atoms with Crippen molar-refractivity contribution in [3.05, 3.63) is 78.7 Å². The van der Waals surface area contributed by atoms with Crippen LogP contribution in [0.25, 0.3) is 0 Å². The molecular weight excluding hydrogens is 204 g/mol. The number of benzene rings is 2. The van der Waals surface area contributed by atoms with Gasteiger partial charge in [-0.3, -0.25) is 0 Å². The first-order chi connectivity index (χ1) is 8.33. The molecule has 0 saturated heterocycles. The number of hydrogen-bond acceptors (Lipinski definition) is 0. The zero-order valence-electron chi connectivity index (χ0n) is 10.3. The van der Waals surface area contributed by atoms with Crippen molar-refractivity contribution in [3.8, 4) is 0 Å². The van der Waals surface area contributed by atoms with Gasteiger partial charge in [-0.2, -0.15) is 0 Å². The highest BCUT2D eigenvalue weighted by Gasteiger charge is 2.18. The predicted octanol–water partition coefficient (Wildman–Crippen LogP) is 4.80. The van der Waals surface area contributed by atoms with E-state index in [9.17, 15) is 0 Å². The molecule has 0 heteroatoms. The van der Waals surface area contributed by atoms with E-state index in [1.54, 1.807) is 0 Å². The van der Waals surface area contributed by atoms with E-state index in [2.05, 4.69) is 74.5 Å². The molecular formula is C17H19. The van der Waals surface area contributed by atoms with Crippen molar-refractivity contribution in [1.29, 1.82) is 0 Å². The second kappa shape index (κ2) is 5.67. The Morgan fingerprint density at radius 2 is 1.29 bits per heavy atom. The first kappa shape index (κ1) is 11.9. The van der Waals surface area contributed by atoms with E-state index in [0.29, 0.717) is 11.8 Å². The van der Waals surface area contributed by atoms with Gasteiger partial charge in [0.25, 0.3) is 0 Å². The molecule has 1 radical (unpaired) electrons. The second-order valence-electron chi connectivity index (χ2n) is 4.51. The van der Waals surface area contributed by atoms with E-state index < -0.39 is 0 Å². The Morgan fingerprint density at radius 1 is 0.824 bits per heavy atom. The fraction of sp³-hybridized carbons (Fsp3) is 0.235. The maximum absolute atomic E-state index is 4.11. The summed E-state index contributed by atoms with van der Waals surface area (Å²) in [5, 5.41) is 0. The molecule has 0 aliphatic rings. The summed E-state index contributed by atoms with van der Waals surface area (Å²) in [5.74, 6) is 1.01. The van der Waals surface area contributed by atoms with Crippen LogP contribution in [0.4, 0.5) is 0 Å². The fourth-order valence-electron chi connectivity index (χ4n) is 2.39. The monoisotopic (exact) mass is 223 g/mol. The maximum Gasteiger partial charge on any atom is -0.00957 e. The van der Waals surface area contributed by atoms with Gasteiger partial charge in [0.2, 0.25) is 0 Å². The van der Waals surface area contributed by atoms with Crippen LogP contribution in [-0.2, 0) is 0 Å². The van der Waals surface area contributed by atoms with E-state index in [1.807, 2.05) is 0 Å². The van der Waals surface area contributed by atoms with E-state index in [1.165, 1.54) is 11.1 Å². The zero-order chi connectivity index (χ0) is 12.1. The quantitative estimate of drug-likeness (QED) is 0.698. The summed E-state index contributed by atoms with van der Waals surface area (Å²) in [4.78, 5) is 0. The van der Waals surface area contributed by atoms with Gasteiger partial charge in [-0.15, -0.1) is 0 Å². The van der Waals surface area contributed by atoms with Gasteiger partial charge in [0.1, 0.15) is 0 Å². The van der Waals surface area contributed by atoms with Gasteiger partial charge in [-0.25, -0.2) is 0 Å². The molecule has 0 nitrogen and oxygen atoms in total. The van der Waals surface area contributed by atoms with Crippen molar-refractivity contribution >= 4 is 0 Å². The van der Waals surface area contributed by atoms with Crippen LogP contribution in [0, 0.1) is 6.92 Å². The smallest absolute Gasteiger partial charge is 0.00957 e. The Bertz CT molecular complexity index is 430. The summed E-state index contributed by atoms with van der Waals surface area (Å²) in [6.07, 6.45) is 0.931. The summed E-state index contributed by atoms with van der Waals surface area (Å²) >= 11 is 0. The molecule has 2 rings (SSSR count). The van der Waals surface area contributed by atoms with Crippen LogP contribution < -0.4 is 0 Å². The van der Waals surface area contributed by atoms with Gasteiger partial charge in [-0.05, 0) is 29.4 Å². The molecule has 0 fully saturated rings. The molecule has 2 atom stereocenters. The number of rotatable bonds is 4. The lowest BCUT2D eigenvalue weighted by Crippen LogP contribution is -2.07. The molecule has 2 aromatic rings. The highest BCUT2D eigenvalue weighted by molar-refractivity contribution is 5.28. The molecule has 0 spiro atoms. The maximum atomic E-state index is 4.11. The summed E-state index contributed by atoms with van der Waals surface area (Å²) in [6, 6.07) is 21.4. The topological polar surface area (TPSA) is 0 Å². The van der Waals surface area contributed by atoms with Crippen LogP contribution in [0.5, 0.6) is 0 Å². The van der Waals surface area contributed by atoms with Crippen molar-refractivity contribution in [2.75, 3.05) is 0 Å².